The van der Waals surface area contributed by atoms with Crippen LogP contribution in [0, 0.1) is 45.8 Å². The van der Waals surface area contributed by atoms with Crippen LogP contribution in [0.1, 0.15) is 106 Å². The number of rotatable bonds is 3. The monoisotopic (exact) mass is 449 g/mol. The van der Waals surface area contributed by atoms with E-state index in [9.17, 15) is 8.78 Å². The molecule has 1 nitrogen and oxygen atoms in total. The van der Waals surface area contributed by atoms with E-state index in [0.29, 0.717) is 24.4 Å². The highest BCUT2D eigenvalue weighted by Gasteiger charge is 2.43. The summed E-state index contributed by atoms with van der Waals surface area (Å²) < 4.78 is 22.7. The predicted octanol–water partition coefficient (Wildman–Crippen LogP) is 9.40. The van der Waals surface area contributed by atoms with Gasteiger partial charge in [-0.05, 0) is 87.9 Å². The van der Waals surface area contributed by atoms with Crippen LogP contribution < -0.4 is 0 Å². The normalized spacial score (nSPS) is 31.1. The molecule has 5 atom stereocenters. The molecular formula is C29H49F2N. The maximum Gasteiger partial charge on any atom is 0.0922 e. The largest absolute Gasteiger partial charge is 0.255 e. The zero-order valence-corrected chi connectivity index (χ0v) is 21.9. The van der Waals surface area contributed by atoms with E-state index in [2.05, 4.69) is 39.0 Å². The van der Waals surface area contributed by atoms with Gasteiger partial charge in [-0.15, -0.1) is 0 Å². The van der Waals surface area contributed by atoms with E-state index in [1.807, 2.05) is 20.8 Å². The Balaban J connectivity index is 0.000000488. The third-order valence-electron chi connectivity index (χ3n) is 8.62. The first-order valence-corrected chi connectivity index (χ1v) is 12.9. The fourth-order valence-electron chi connectivity index (χ4n) is 5.73. The second kappa shape index (κ2) is 13.5. The number of nitriles is 1. The molecule has 0 aromatic heterocycles. The third-order valence-corrected chi connectivity index (χ3v) is 8.62. The molecule has 2 saturated carbocycles. The molecule has 32 heavy (non-hydrogen) atoms. The average Bonchev–Trinajstić information content (AvgIpc) is 2.89. The zero-order chi connectivity index (χ0) is 24.4. The number of fused-ring (bicyclic) bond motifs is 3. The highest BCUT2D eigenvalue weighted by molar-refractivity contribution is 5.35. The van der Waals surface area contributed by atoms with Crippen molar-refractivity contribution in [3.8, 4) is 6.07 Å². The molecule has 0 N–H and O–H groups in total. The number of hydrogen-bond acceptors (Lipinski definition) is 1. The first-order chi connectivity index (χ1) is 15.2. The maximum atomic E-state index is 13.2. The van der Waals surface area contributed by atoms with Gasteiger partial charge >= 0.3 is 0 Å². The summed E-state index contributed by atoms with van der Waals surface area (Å²) in [5, 5.41) is 8.34. The minimum Gasteiger partial charge on any atom is -0.255 e. The lowest BCUT2D eigenvalue weighted by atomic mass is 9.57. The van der Waals surface area contributed by atoms with E-state index in [-0.39, 0.29) is 18.0 Å². The van der Waals surface area contributed by atoms with Gasteiger partial charge in [0, 0.05) is 0 Å². The number of allylic oxidation sites excluding steroid dienone is 4. The van der Waals surface area contributed by atoms with E-state index < -0.39 is 0 Å². The summed E-state index contributed by atoms with van der Waals surface area (Å²) in [5.74, 6) is 2.26. The van der Waals surface area contributed by atoms with Crippen LogP contribution in [-0.4, -0.2) is 13.9 Å². The SMILES string of the molecule is CC1CCC(C(C)CF)CCCC2C1=CC=C1CCCCC12C.CCC(C)(C)C#N.CF. The first kappa shape index (κ1) is 28.9. The van der Waals surface area contributed by atoms with Gasteiger partial charge in [0.25, 0.3) is 0 Å². The Hall–Kier alpha value is -1.17. The smallest absolute Gasteiger partial charge is 0.0922 e. The fraction of sp³-hybridized carbons (Fsp3) is 0.828. The van der Waals surface area contributed by atoms with Crippen molar-refractivity contribution in [2.45, 2.75) is 106 Å². The Morgan fingerprint density at radius 1 is 1.12 bits per heavy atom. The molecule has 2 fully saturated rings. The van der Waals surface area contributed by atoms with Gasteiger partial charge in [-0.3, -0.25) is 8.78 Å². The van der Waals surface area contributed by atoms with Gasteiger partial charge in [0.15, 0.2) is 0 Å². The molecular weight excluding hydrogens is 400 g/mol. The van der Waals surface area contributed by atoms with Gasteiger partial charge in [-0.1, -0.05) is 70.3 Å². The molecule has 3 aliphatic carbocycles. The lowest BCUT2D eigenvalue weighted by Gasteiger charge is -2.47. The van der Waals surface area contributed by atoms with Gasteiger partial charge < -0.3 is 0 Å². The van der Waals surface area contributed by atoms with E-state index in [4.69, 9.17) is 5.26 Å². The van der Waals surface area contributed by atoms with Crippen LogP contribution in [0.3, 0.4) is 0 Å². The molecule has 0 spiro atoms. The van der Waals surface area contributed by atoms with Crippen molar-refractivity contribution < 1.29 is 8.78 Å². The van der Waals surface area contributed by atoms with Crippen molar-refractivity contribution in [3.05, 3.63) is 23.3 Å². The second-order valence-electron chi connectivity index (χ2n) is 11.2. The first-order valence-electron chi connectivity index (χ1n) is 12.9. The topological polar surface area (TPSA) is 23.8 Å². The van der Waals surface area contributed by atoms with E-state index in [1.54, 1.807) is 11.1 Å². The average molecular weight is 450 g/mol. The summed E-state index contributed by atoms with van der Waals surface area (Å²) >= 11 is 0. The molecule has 184 valence electrons. The molecule has 0 radical (unpaired) electrons. The van der Waals surface area contributed by atoms with Crippen LogP contribution in [0.15, 0.2) is 23.3 Å². The molecule has 3 heteroatoms. The van der Waals surface area contributed by atoms with Crippen LogP contribution in [-0.2, 0) is 0 Å². The Kier molecular flexibility index (Phi) is 12.2. The van der Waals surface area contributed by atoms with Crippen LogP contribution in [0.25, 0.3) is 0 Å². The number of alkyl halides is 2. The van der Waals surface area contributed by atoms with Crippen LogP contribution in [0.4, 0.5) is 8.78 Å². The quantitative estimate of drug-likeness (QED) is 0.421. The molecule has 0 amide bonds. The minimum absolute atomic E-state index is 0.111. The Labute approximate surface area is 197 Å². The fourth-order valence-corrected chi connectivity index (χ4v) is 5.73. The summed E-state index contributed by atoms with van der Waals surface area (Å²) in [6.45, 7) is 12.8. The van der Waals surface area contributed by atoms with Crippen LogP contribution in [0.2, 0.25) is 0 Å². The van der Waals surface area contributed by atoms with Gasteiger partial charge in [0.1, 0.15) is 0 Å². The Bertz CT molecular complexity index is 657. The number of halogens is 2. The van der Waals surface area contributed by atoms with Crippen molar-refractivity contribution in [3.63, 3.8) is 0 Å². The lowest BCUT2D eigenvalue weighted by molar-refractivity contribution is 0.185. The molecule has 0 aliphatic heterocycles. The van der Waals surface area contributed by atoms with Gasteiger partial charge in [-0.2, -0.15) is 5.26 Å². The Morgan fingerprint density at radius 2 is 1.81 bits per heavy atom. The van der Waals surface area contributed by atoms with Crippen molar-refractivity contribution in [1.82, 2.24) is 0 Å². The summed E-state index contributed by atoms with van der Waals surface area (Å²) in [4.78, 5) is 0. The van der Waals surface area contributed by atoms with Gasteiger partial charge in [0.2, 0.25) is 0 Å². The van der Waals surface area contributed by atoms with Crippen LogP contribution in [0.5, 0.6) is 0 Å². The van der Waals surface area contributed by atoms with Crippen molar-refractivity contribution in [2.24, 2.45) is 34.5 Å². The molecule has 3 aliphatic rings. The molecule has 5 unspecified atom stereocenters. The van der Waals surface area contributed by atoms with Crippen molar-refractivity contribution in [1.29, 1.82) is 5.26 Å². The maximum absolute atomic E-state index is 13.2. The molecule has 0 aromatic rings. The lowest BCUT2D eigenvalue weighted by Crippen LogP contribution is -2.36. The van der Waals surface area contributed by atoms with E-state index in [0.717, 1.165) is 12.3 Å². The third kappa shape index (κ3) is 7.43. The Morgan fingerprint density at radius 3 is 2.38 bits per heavy atom. The summed E-state index contributed by atoms with van der Waals surface area (Å²) in [5.41, 5.74) is 3.74. The highest BCUT2D eigenvalue weighted by Crippen LogP contribution is 2.54. The van der Waals surface area contributed by atoms with Crippen molar-refractivity contribution in [2.75, 3.05) is 13.9 Å². The van der Waals surface area contributed by atoms with E-state index >= 15 is 0 Å². The van der Waals surface area contributed by atoms with Crippen LogP contribution >= 0.6 is 0 Å². The molecule has 3 rings (SSSR count). The summed E-state index contributed by atoms with van der Waals surface area (Å²) in [6, 6.07) is 2.19. The molecule has 0 heterocycles. The minimum atomic E-state index is -0.144. The number of nitrogens with zero attached hydrogens (tertiary/aromatic N) is 1. The summed E-state index contributed by atoms with van der Waals surface area (Å²) in [7, 11) is 0.500. The van der Waals surface area contributed by atoms with Gasteiger partial charge in [-0.25, -0.2) is 0 Å². The predicted molar refractivity (Wildman–Crippen MR) is 134 cm³/mol. The summed E-state index contributed by atoms with van der Waals surface area (Å²) in [6.07, 6.45) is 17.6. The molecule has 0 saturated heterocycles. The molecule has 0 aromatic carbocycles. The standard InChI is InChI=1S/C22H35F.C6H11N.CH3F/c1-16-10-11-18(17(2)15-23)7-6-9-21-20(16)13-12-19-8-4-5-14-22(19,21)3;1-4-6(2,3)5-7;1-2/h12-13,16-18,21H,4-11,14-15H2,1-3H3;4H2,1-3H3;1H3. The highest BCUT2D eigenvalue weighted by atomic mass is 19.1. The zero-order valence-electron chi connectivity index (χ0n) is 21.9. The van der Waals surface area contributed by atoms with E-state index in [1.165, 1.54) is 57.8 Å². The van der Waals surface area contributed by atoms with Gasteiger partial charge in [0.05, 0.1) is 25.3 Å². The molecule has 0 bridgehead atoms. The second-order valence-corrected chi connectivity index (χ2v) is 11.2. The van der Waals surface area contributed by atoms with Crippen molar-refractivity contribution >= 4 is 0 Å². The number of hydrogen-bond donors (Lipinski definition) is 0.